The number of amides is 3. The van der Waals surface area contributed by atoms with Crippen LogP contribution in [-0.4, -0.2) is 33.1 Å². The minimum Gasteiger partial charge on any atom is -0.351 e. The van der Waals surface area contributed by atoms with Gasteiger partial charge in [0.15, 0.2) is 0 Å². The van der Waals surface area contributed by atoms with Gasteiger partial charge in [0, 0.05) is 24.1 Å². The SMILES string of the molecule is Cc1cccc(C)c1NC(=O)CN1C(=O)S/C(=C/c2ccn(C3CCCC3)c2)C1=O. The zero-order valence-electron chi connectivity index (χ0n) is 17.2. The van der Waals surface area contributed by atoms with Crippen molar-refractivity contribution in [2.75, 3.05) is 11.9 Å². The van der Waals surface area contributed by atoms with Crippen LogP contribution in [0.2, 0.25) is 0 Å². The van der Waals surface area contributed by atoms with E-state index in [1.54, 1.807) is 6.08 Å². The van der Waals surface area contributed by atoms with Crippen LogP contribution in [0.4, 0.5) is 10.5 Å². The molecule has 30 heavy (non-hydrogen) atoms. The van der Waals surface area contributed by atoms with Crippen molar-refractivity contribution in [1.29, 1.82) is 0 Å². The van der Waals surface area contributed by atoms with E-state index in [1.165, 1.54) is 25.7 Å². The Kier molecular flexibility index (Phi) is 5.81. The lowest BCUT2D eigenvalue weighted by Crippen LogP contribution is -2.36. The van der Waals surface area contributed by atoms with E-state index in [4.69, 9.17) is 0 Å². The Labute approximate surface area is 180 Å². The number of aromatic nitrogens is 1. The van der Waals surface area contributed by atoms with Crippen molar-refractivity contribution in [2.45, 2.75) is 45.6 Å². The molecule has 4 rings (SSSR count). The second kappa shape index (κ2) is 8.52. The van der Waals surface area contributed by atoms with Crippen LogP contribution in [-0.2, 0) is 9.59 Å². The van der Waals surface area contributed by atoms with Crippen LogP contribution in [0.15, 0.2) is 41.6 Å². The predicted molar refractivity (Wildman–Crippen MR) is 119 cm³/mol. The molecule has 0 spiro atoms. The maximum atomic E-state index is 12.7. The fourth-order valence-corrected chi connectivity index (χ4v) is 4.91. The van der Waals surface area contributed by atoms with E-state index < -0.39 is 11.1 Å². The van der Waals surface area contributed by atoms with Gasteiger partial charge in [-0.15, -0.1) is 0 Å². The van der Waals surface area contributed by atoms with Crippen molar-refractivity contribution in [2.24, 2.45) is 0 Å². The van der Waals surface area contributed by atoms with Gasteiger partial charge < -0.3 is 9.88 Å². The summed E-state index contributed by atoms with van der Waals surface area (Å²) in [4.78, 5) is 38.9. The number of thioether (sulfide) groups is 1. The quantitative estimate of drug-likeness (QED) is 0.695. The van der Waals surface area contributed by atoms with E-state index in [9.17, 15) is 14.4 Å². The van der Waals surface area contributed by atoms with E-state index in [2.05, 4.69) is 9.88 Å². The molecule has 6 nitrogen and oxygen atoms in total. The molecule has 1 saturated carbocycles. The van der Waals surface area contributed by atoms with Gasteiger partial charge in [0.1, 0.15) is 6.54 Å². The number of aryl methyl sites for hydroxylation is 2. The number of carbonyl (C=O) groups is 3. The first-order valence-corrected chi connectivity index (χ1v) is 11.0. The third-order valence-electron chi connectivity index (χ3n) is 5.70. The average Bonchev–Trinajstić information content (AvgIpc) is 3.43. The molecule has 1 saturated heterocycles. The van der Waals surface area contributed by atoms with E-state index >= 15 is 0 Å². The van der Waals surface area contributed by atoms with Crippen molar-refractivity contribution in [3.8, 4) is 0 Å². The molecular weight excluding hydrogens is 398 g/mol. The van der Waals surface area contributed by atoms with Crippen LogP contribution in [0.3, 0.4) is 0 Å². The number of hydrogen-bond acceptors (Lipinski definition) is 4. The van der Waals surface area contributed by atoms with Crippen molar-refractivity contribution in [3.63, 3.8) is 0 Å². The van der Waals surface area contributed by atoms with Gasteiger partial charge in [-0.1, -0.05) is 31.0 Å². The first kappa shape index (κ1) is 20.5. The molecule has 1 aromatic carbocycles. The fraction of sp³-hybridized carbons (Fsp3) is 0.348. The van der Waals surface area contributed by atoms with Gasteiger partial charge in [-0.2, -0.15) is 0 Å². The minimum atomic E-state index is -0.421. The molecule has 2 fully saturated rings. The normalized spacial score (nSPS) is 18.6. The lowest BCUT2D eigenvalue weighted by atomic mass is 10.1. The van der Waals surface area contributed by atoms with Crippen molar-refractivity contribution < 1.29 is 14.4 Å². The summed E-state index contributed by atoms with van der Waals surface area (Å²) in [6, 6.07) is 8.21. The molecule has 2 aliphatic rings. The van der Waals surface area contributed by atoms with Gasteiger partial charge in [-0.3, -0.25) is 19.3 Å². The molecular formula is C23H25N3O3S. The molecule has 0 atom stereocenters. The highest BCUT2D eigenvalue weighted by molar-refractivity contribution is 8.18. The van der Waals surface area contributed by atoms with Gasteiger partial charge in [0.2, 0.25) is 5.91 Å². The largest absolute Gasteiger partial charge is 0.351 e. The first-order chi connectivity index (χ1) is 14.4. The molecule has 1 aromatic heterocycles. The molecule has 1 N–H and O–H groups in total. The van der Waals surface area contributed by atoms with Crippen LogP contribution in [0.25, 0.3) is 6.08 Å². The molecule has 2 heterocycles. The maximum absolute atomic E-state index is 12.7. The number of anilines is 1. The number of benzene rings is 1. The lowest BCUT2D eigenvalue weighted by Gasteiger charge is -2.15. The molecule has 156 valence electrons. The monoisotopic (exact) mass is 423 g/mol. The molecule has 3 amide bonds. The smallest absolute Gasteiger partial charge is 0.294 e. The lowest BCUT2D eigenvalue weighted by molar-refractivity contribution is -0.127. The number of nitrogens with zero attached hydrogens (tertiary/aromatic N) is 2. The van der Waals surface area contributed by atoms with Crippen molar-refractivity contribution in [3.05, 3.63) is 58.3 Å². The summed E-state index contributed by atoms with van der Waals surface area (Å²) in [5.74, 6) is -0.807. The van der Waals surface area contributed by atoms with Crippen LogP contribution in [0.5, 0.6) is 0 Å². The van der Waals surface area contributed by atoms with E-state index in [1.807, 2.05) is 50.5 Å². The van der Waals surface area contributed by atoms with Crippen LogP contribution in [0.1, 0.15) is 48.4 Å². The molecule has 7 heteroatoms. The van der Waals surface area contributed by atoms with Gasteiger partial charge in [-0.25, -0.2) is 0 Å². The number of hydrogen-bond donors (Lipinski definition) is 1. The summed E-state index contributed by atoms with van der Waals surface area (Å²) in [5.41, 5.74) is 3.49. The van der Waals surface area contributed by atoms with Crippen molar-refractivity contribution in [1.82, 2.24) is 9.47 Å². The third kappa shape index (κ3) is 4.21. The van der Waals surface area contributed by atoms with Gasteiger partial charge in [0.25, 0.3) is 11.1 Å². The van der Waals surface area contributed by atoms with Gasteiger partial charge >= 0.3 is 0 Å². The summed E-state index contributed by atoms with van der Waals surface area (Å²) in [6.45, 7) is 3.52. The molecule has 1 aliphatic carbocycles. The zero-order chi connectivity index (χ0) is 21.3. The molecule has 0 unspecified atom stereocenters. The third-order valence-corrected chi connectivity index (χ3v) is 6.61. The first-order valence-electron chi connectivity index (χ1n) is 10.2. The van der Waals surface area contributed by atoms with Gasteiger partial charge in [0.05, 0.1) is 4.91 Å². The van der Waals surface area contributed by atoms with Crippen LogP contribution < -0.4 is 5.32 Å². The summed E-state index contributed by atoms with van der Waals surface area (Å²) in [5, 5.41) is 2.41. The number of rotatable bonds is 5. The van der Waals surface area contributed by atoms with Crippen LogP contribution >= 0.6 is 11.8 Å². The summed E-state index contributed by atoms with van der Waals surface area (Å²) < 4.78 is 2.20. The Balaban J connectivity index is 1.43. The highest BCUT2D eigenvalue weighted by Crippen LogP contribution is 2.34. The summed E-state index contributed by atoms with van der Waals surface area (Å²) in [7, 11) is 0. The number of carbonyl (C=O) groups excluding carboxylic acids is 3. The Morgan fingerprint density at radius 3 is 2.57 bits per heavy atom. The Morgan fingerprint density at radius 2 is 1.87 bits per heavy atom. The minimum absolute atomic E-state index is 0.293. The highest BCUT2D eigenvalue weighted by atomic mass is 32.2. The summed E-state index contributed by atoms with van der Waals surface area (Å²) in [6.07, 6.45) is 10.7. The Bertz CT molecular complexity index is 1010. The Hall–Kier alpha value is -2.80. The number of para-hydroxylation sites is 1. The van der Waals surface area contributed by atoms with Crippen LogP contribution in [0, 0.1) is 13.8 Å². The summed E-state index contributed by atoms with van der Waals surface area (Å²) >= 11 is 0.882. The molecule has 0 radical (unpaired) electrons. The maximum Gasteiger partial charge on any atom is 0.294 e. The number of nitrogens with one attached hydrogen (secondary N) is 1. The zero-order valence-corrected chi connectivity index (χ0v) is 18.0. The topological polar surface area (TPSA) is 71.4 Å². The molecule has 1 aliphatic heterocycles. The van der Waals surface area contributed by atoms with Crippen molar-refractivity contribution >= 4 is 40.6 Å². The average molecular weight is 424 g/mol. The second-order valence-electron chi connectivity index (χ2n) is 7.91. The molecule has 2 aromatic rings. The van der Waals surface area contributed by atoms with Gasteiger partial charge in [-0.05, 0) is 67.3 Å². The van der Waals surface area contributed by atoms with E-state index in [-0.39, 0.29) is 12.5 Å². The highest BCUT2D eigenvalue weighted by Gasteiger charge is 2.36. The van der Waals surface area contributed by atoms with E-state index in [0.717, 1.165) is 39.0 Å². The molecule has 0 bridgehead atoms. The second-order valence-corrected chi connectivity index (χ2v) is 8.91. The standard InChI is InChI=1S/C23H25N3O3S/c1-15-6-5-7-16(2)21(15)24-20(27)14-26-22(28)19(30-23(26)29)12-17-10-11-25(13-17)18-8-3-4-9-18/h5-7,10-13,18H,3-4,8-9,14H2,1-2H3,(H,24,27)/b19-12+. The number of imide groups is 1. The Morgan fingerprint density at radius 1 is 1.17 bits per heavy atom. The fourth-order valence-electron chi connectivity index (χ4n) is 4.07. The predicted octanol–water partition coefficient (Wildman–Crippen LogP) is 4.90. The van der Waals surface area contributed by atoms with E-state index in [0.29, 0.717) is 10.9 Å².